The molecule has 10 nitrogen and oxygen atoms in total. The van der Waals surface area contributed by atoms with Gasteiger partial charge in [0, 0.05) is 28.7 Å². The van der Waals surface area contributed by atoms with Crippen molar-refractivity contribution in [1.29, 1.82) is 0 Å². The smallest absolute Gasteiger partial charge is 0.251 e. The van der Waals surface area contributed by atoms with Crippen LogP contribution in [0.15, 0.2) is 65.1 Å². The van der Waals surface area contributed by atoms with Crippen LogP contribution in [0.1, 0.15) is 58.8 Å². The Bertz CT molecular complexity index is 2120. The number of carbonyl (C=O) groups is 2. The van der Waals surface area contributed by atoms with E-state index in [2.05, 4.69) is 15.3 Å². The van der Waals surface area contributed by atoms with E-state index in [0.29, 0.717) is 34.4 Å². The molecule has 246 valence electrons. The summed E-state index contributed by atoms with van der Waals surface area (Å²) < 4.78 is 46.8. The SMILES string of the molecule is COc1cc(C(=O)NC[C@@](O)(c2ccccc2)c2cc3c(c(-c4cc(Cl)c(F)cc4F)n2)OC[C@]3(C)C(N)=O)cc2oc(C3CC3)nc12. The van der Waals surface area contributed by atoms with Crippen molar-refractivity contribution in [3.8, 4) is 22.8 Å². The minimum Gasteiger partial charge on any atom is -0.494 e. The molecule has 2 aromatic heterocycles. The molecule has 2 atom stereocenters. The van der Waals surface area contributed by atoms with E-state index in [4.69, 9.17) is 31.2 Å². The molecule has 0 saturated heterocycles. The molecule has 0 unspecified atom stereocenters. The van der Waals surface area contributed by atoms with Crippen LogP contribution < -0.4 is 20.5 Å². The van der Waals surface area contributed by atoms with E-state index in [9.17, 15) is 19.1 Å². The van der Waals surface area contributed by atoms with E-state index in [1.807, 2.05) is 0 Å². The summed E-state index contributed by atoms with van der Waals surface area (Å²) in [6.07, 6.45) is 1.95. The van der Waals surface area contributed by atoms with Crippen molar-refractivity contribution < 1.29 is 37.4 Å². The van der Waals surface area contributed by atoms with Crippen LogP contribution in [0.4, 0.5) is 8.78 Å². The van der Waals surface area contributed by atoms with E-state index >= 15 is 4.39 Å². The second-order valence-corrected chi connectivity index (χ2v) is 12.6. The monoisotopic (exact) mass is 674 g/mol. The number of rotatable bonds is 9. The molecular weight excluding hydrogens is 646 g/mol. The molecule has 2 aliphatic rings. The summed E-state index contributed by atoms with van der Waals surface area (Å²) in [4.78, 5) is 35.5. The Kier molecular flexibility index (Phi) is 7.60. The first-order valence-corrected chi connectivity index (χ1v) is 15.5. The average molecular weight is 675 g/mol. The van der Waals surface area contributed by atoms with Crippen LogP contribution >= 0.6 is 11.6 Å². The number of nitrogens with zero attached hydrogens (tertiary/aromatic N) is 2. The van der Waals surface area contributed by atoms with Gasteiger partial charge in [-0.05, 0) is 49.6 Å². The number of ether oxygens (including phenoxy) is 2. The number of hydrogen-bond acceptors (Lipinski definition) is 8. The van der Waals surface area contributed by atoms with E-state index in [-0.39, 0.29) is 51.4 Å². The third-order valence-electron chi connectivity index (χ3n) is 8.95. The van der Waals surface area contributed by atoms with Crippen molar-refractivity contribution in [3.63, 3.8) is 0 Å². The Morgan fingerprint density at radius 3 is 2.56 bits per heavy atom. The molecule has 2 amide bonds. The summed E-state index contributed by atoms with van der Waals surface area (Å²) in [7, 11) is 1.47. The molecule has 5 aromatic rings. The summed E-state index contributed by atoms with van der Waals surface area (Å²) in [6.45, 7) is 0.931. The molecule has 1 fully saturated rings. The van der Waals surface area contributed by atoms with Crippen molar-refractivity contribution in [3.05, 3.63) is 106 Å². The Morgan fingerprint density at radius 1 is 1.12 bits per heavy atom. The Labute approximate surface area is 277 Å². The van der Waals surface area contributed by atoms with Gasteiger partial charge in [-0.25, -0.2) is 18.7 Å². The van der Waals surface area contributed by atoms with Crippen molar-refractivity contribution >= 4 is 34.5 Å². The maximum atomic E-state index is 15.3. The number of nitrogens with two attached hydrogens (primary N) is 1. The lowest BCUT2D eigenvalue weighted by Gasteiger charge is -2.30. The van der Waals surface area contributed by atoms with Crippen LogP contribution in [-0.2, 0) is 15.8 Å². The second kappa shape index (κ2) is 11.6. The molecule has 7 rings (SSSR count). The first-order valence-electron chi connectivity index (χ1n) is 15.1. The Morgan fingerprint density at radius 2 is 1.88 bits per heavy atom. The van der Waals surface area contributed by atoms with Crippen LogP contribution in [0.25, 0.3) is 22.4 Å². The topological polar surface area (TPSA) is 150 Å². The maximum absolute atomic E-state index is 15.3. The molecule has 48 heavy (non-hydrogen) atoms. The Balaban J connectivity index is 1.34. The summed E-state index contributed by atoms with van der Waals surface area (Å²) in [5, 5.41) is 14.9. The number of amides is 2. The second-order valence-electron chi connectivity index (χ2n) is 12.2. The number of halogens is 3. The number of fused-ring (bicyclic) bond motifs is 2. The number of oxazole rings is 1. The fraction of sp³-hybridized carbons (Fsp3) is 0.257. The van der Waals surface area contributed by atoms with Crippen molar-refractivity contribution in [2.45, 2.75) is 36.7 Å². The van der Waals surface area contributed by atoms with E-state index in [1.54, 1.807) is 43.3 Å². The van der Waals surface area contributed by atoms with Gasteiger partial charge in [-0.1, -0.05) is 41.9 Å². The largest absolute Gasteiger partial charge is 0.494 e. The van der Waals surface area contributed by atoms with E-state index in [0.717, 1.165) is 18.9 Å². The van der Waals surface area contributed by atoms with Gasteiger partial charge < -0.3 is 30.0 Å². The molecule has 3 aromatic carbocycles. The van der Waals surface area contributed by atoms with Gasteiger partial charge in [-0.2, -0.15) is 0 Å². The lowest BCUT2D eigenvalue weighted by molar-refractivity contribution is -0.123. The summed E-state index contributed by atoms with van der Waals surface area (Å²) in [5.41, 5.74) is 3.52. The molecular formula is C35H29ClF2N4O6. The van der Waals surface area contributed by atoms with Crippen molar-refractivity contribution in [1.82, 2.24) is 15.3 Å². The predicted octanol–water partition coefficient (Wildman–Crippen LogP) is 5.51. The van der Waals surface area contributed by atoms with Crippen LogP contribution in [0, 0.1) is 11.6 Å². The number of methoxy groups -OCH3 is 1. The maximum Gasteiger partial charge on any atom is 0.251 e. The van der Waals surface area contributed by atoms with Gasteiger partial charge in [-0.15, -0.1) is 0 Å². The summed E-state index contributed by atoms with van der Waals surface area (Å²) in [6, 6.07) is 14.6. The van der Waals surface area contributed by atoms with Gasteiger partial charge in [0.1, 0.15) is 46.5 Å². The molecule has 1 aliphatic carbocycles. The lowest BCUT2D eigenvalue weighted by Crippen LogP contribution is -2.43. The number of nitrogens with one attached hydrogen (secondary N) is 1. The quantitative estimate of drug-likeness (QED) is 0.173. The molecule has 0 radical (unpaired) electrons. The van der Waals surface area contributed by atoms with E-state index in [1.165, 1.54) is 19.2 Å². The molecule has 0 spiro atoms. The minimum atomic E-state index is -2.05. The molecule has 0 bridgehead atoms. The van der Waals surface area contributed by atoms with Gasteiger partial charge in [0.05, 0.1) is 24.4 Å². The zero-order valence-corrected chi connectivity index (χ0v) is 26.5. The van der Waals surface area contributed by atoms with E-state index < -0.39 is 41.0 Å². The normalized spacial score (nSPS) is 18.2. The highest BCUT2D eigenvalue weighted by molar-refractivity contribution is 6.31. The van der Waals surface area contributed by atoms with Gasteiger partial charge in [0.15, 0.2) is 17.0 Å². The molecule has 1 saturated carbocycles. The number of hydrogen-bond donors (Lipinski definition) is 3. The van der Waals surface area contributed by atoms with Crippen LogP contribution in [-0.4, -0.2) is 47.2 Å². The Hall–Kier alpha value is -5.07. The van der Waals surface area contributed by atoms with Crippen LogP contribution in [0.5, 0.6) is 11.5 Å². The highest BCUT2D eigenvalue weighted by Gasteiger charge is 2.46. The lowest BCUT2D eigenvalue weighted by atomic mass is 9.80. The number of aliphatic hydroxyl groups is 1. The fourth-order valence-electron chi connectivity index (χ4n) is 5.86. The number of benzene rings is 3. The highest BCUT2D eigenvalue weighted by atomic mass is 35.5. The zero-order valence-electron chi connectivity index (χ0n) is 25.8. The zero-order chi connectivity index (χ0) is 34.0. The minimum absolute atomic E-state index is 0.0269. The standard InChI is InChI=1S/C35H29ClF2N4O6/c1-34(33(39)44)16-47-30-21(34)13-27(41-28(30)20-12-22(36)24(38)14-23(20)37)35(45,19-6-4-3-5-7-19)15-40-31(43)18-10-25(46-2)29-26(11-18)48-32(42-29)17-8-9-17/h3-7,10-14,17,45H,8-9,15-16H2,1-2H3,(H2,39,44)(H,40,43)/t34-,35+/m0/s1. The van der Waals surface area contributed by atoms with Crippen molar-refractivity contribution in [2.24, 2.45) is 5.73 Å². The molecule has 4 N–H and O–H groups in total. The first kappa shape index (κ1) is 31.5. The molecule has 3 heterocycles. The van der Waals surface area contributed by atoms with Crippen LogP contribution in [0.3, 0.4) is 0 Å². The fourth-order valence-corrected chi connectivity index (χ4v) is 6.02. The van der Waals surface area contributed by atoms with Gasteiger partial charge in [0.25, 0.3) is 5.91 Å². The van der Waals surface area contributed by atoms with Gasteiger partial charge in [0.2, 0.25) is 5.91 Å². The average Bonchev–Trinajstić information content (AvgIpc) is 3.75. The van der Waals surface area contributed by atoms with Gasteiger partial charge >= 0.3 is 0 Å². The summed E-state index contributed by atoms with van der Waals surface area (Å²) >= 11 is 6.04. The number of primary amides is 1. The summed E-state index contributed by atoms with van der Waals surface area (Å²) in [5.74, 6) is -2.09. The number of aromatic nitrogens is 2. The first-order chi connectivity index (χ1) is 22.9. The highest BCUT2D eigenvalue weighted by Crippen LogP contribution is 2.47. The number of pyridine rings is 1. The predicted molar refractivity (Wildman–Crippen MR) is 171 cm³/mol. The molecule has 13 heteroatoms. The third kappa shape index (κ3) is 5.21. The van der Waals surface area contributed by atoms with Crippen molar-refractivity contribution in [2.75, 3.05) is 20.3 Å². The number of carbonyl (C=O) groups excluding carboxylic acids is 2. The molecule has 1 aliphatic heterocycles. The van der Waals surface area contributed by atoms with Gasteiger partial charge in [-0.3, -0.25) is 9.59 Å². The third-order valence-corrected chi connectivity index (χ3v) is 9.24. The van der Waals surface area contributed by atoms with Crippen LogP contribution in [0.2, 0.25) is 5.02 Å².